The van der Waals surface area contributed by atoms with Gasteiger partial charge in [0, 0.05) is 17.9 Å². The van der Waals surface area contributed by atoms with Crippen molar-refractivity contribution in [2.24, 2.45) is 0 Å². The lowest BCUT2D eigenvalue weighted by Gasteiger charge is -2.15. The fourth-order valence-electron chi connectivity index (χ4n) is 2.62. The molecule has 0 aromatic heterocycles. The third-order valence-corrected chi connectivity index (χ3v) is 5.35. The summed E-state index contributed by atoms with van der Waals surface area (Å²) < 4.78 is 10.6. The number of nitro benzene ring substituents is 1. The normalized spacial score (nSPS) is 18.5. The van der Waals surface area contributed by atoms with Crippen LogP contribution in [0.1, 0.15) is 21.3 Å². The topological polar surface area (TPSA) is 128 Å². The van der Waals surface area contributed by atoms with E-state index in [2.05, 4.69) is 5.32 Å². The predicted molar refractivity (Wildman–Crippen MR) is 101 cm³/mol. The number of aliphatic carboxylic acids is 1. The van der Waals surface area contributed by atoms with Crippen LogP contribution in [-0.2, 0) is 4.79 Å². The number of non-ortho nitro benzene ring substituents is 1. The summed E-state index contributed by atoms with van der Waals surface area (Å²) in [5, 5.41) is 22.6. The summed E-state index contributed by atoms with van der Waals surface area (Å²) in [5.41, 5.74) is 0.828. The molecule has 0 aliphatic carbocycles. The van der Waals surface area contributed by atoms with Crippen LogP contribution < -0.4 is 14.8 Å². The zero-order valence-corrected chi connectivity index (χ0v) is 15.5. The van der Waals surface area contributed by atoms with Crippen molar-refractivity contribution in [3.8, 4) is 11.5 Å². The van der Waals surface area contributed by atoms with Gasteiger partial charge in [0.25, 0.3) is 5.69 Å². The summed E-state index contributed by atoms with van der Waals surface area (Å²) in [4.78, 5) is 33.5. The van der Waals surface area contributed by atoms with E-state index < -0.39 is 22.9 Å². The fourth-order valence-corrected chi connectivity index (χ4v) is 3.84. The van der Waals surface area contributed by atoms with E-state index in [1.165, 1.54) is 43.1 Å². The Morgan fingerprint density at radius 2 is 1.93 bits per heavy atom. The number of carboxylic acid groups (broad SMARTS) is 1. The molecule has 146 valence electrons. The van der Waals surface area contributed by atoms with E-state index in [0.717, 1.165) is 5.56 Å². The number of nitrogens with one attached hydrogen (secondary N) is 1. The molecule has 1 aliphatic rings. The molecule has 9 nitrogen and oxygen atoms in total. The third-order valence-electron chi connectivity index (χ3n) is 4.09. The van der Waals surface area contributed by atoms with Crippen molar-refractivity contribution in [2.45, 2.75) is 11.4 Å². The molecule has 0 amide bonds. The van der Waals surface area contributed by atoms with Gasteiger partial charge in [-0.25, -0.2) is 4.79 Å². The Labute approximate surface area is 163 Å². The molecule has 28 heavy (non-hydrogen) atoms. The molecule has 2 unspecified atom stereocenters. The van der Waals surface area contributed by atoms with Crippen LogP contribution in [0.25, 0.3) is 0 Å². The SMILES string of the molecule is COc1cc(C2NC(C(=O)O)CS2)ccc1OC(=O)c1ccc([N+](=O)[O-])cc1. The second-order valence-corrected chi connectivity index (χ2v) is 7.01. The number of ether oxygens (including phenoxy) is 2. The van der Waals surface area contributed by atoms with Crippen LogP contribution >= 0.6 is 11.8 Å². The van der Waals surface area contributed by atoms with Gasteiger partial charge in [-0.15, -0.1) is 11.8 Å². The summed E-state index contributed by atoms with van der Waals surface area (Å²) in [5.74, 6) is -0.642. The Morgan fingerprint density at radius 1 is 1.21 bits per heavy atom. The summed E-state index contributed by atoms with van der Waals surface area (Å²) in [6.45, 7) is 0. The van der Waals surface area contributed by atoms with E-state index in [1.807, 2.05) is 0 Å². The molecule has 3 rings (SSSR count). The maximum absolute atomic E-state index is 12.3. The van der Waals surface area contributed by atoms with Gasteiger partial charge >= 0.3 is 11.9 Å². The van der Waals surface area contributed by atoms with E-state index in [4.69, 9.17) is 14.6 Å². The van der Waals surface area contributed by atoms with Gasteiger partial charge in [-0.05, 0) is 29.8 Å². The molecule has 1 aliphatic heterocycles. The highest BCUT2D eigenvalue weighted by Gasteiger charge is 2.30. The van der Waals surface area contributed by atoms with E-state index in [1.54, 1.807) is 18.2 Å². The molecule has 1 heterocycles. The molecule has 10 heteroatoms. The van der Waals surface area contributed by atoms with Crippen molar-refractivity contribution in [3.63, 3.8) is 0 Å². The number of hydrogen-bond donors (Lipinski definition) is 2. The average molecular weight is 404 g/mol. The van der Waals surface area contributed by atoms with Gasteiger partial charge in [0.15, 0.2) is 11.5 Å². The van der Waals surface area contributed by atoms with Crippen molar-refractivity contribution in [1.29, 1.82) is 0 Å². The Bertz CT molecular complexity index is 917. The van der Waals surface area contributed by atoms with Crippen LogP contribution in [0.3, 0.4) is 0 Å². The lowest BCUT2D eigenvalue weighted by molar-refractivity contribution is -0.384. The number of carbonyl (C=O) groups is 2. The molecular formula is C18H16N2O7S. The predicted octanol–water partition coefficient (Wildman–Crippen LogP) is 2.61. The quantitative estimate of drug-likeness (QED) is 0.323. The zero-order chi connectivity index (χ0) is 20.3. The Morgan fingerprint density at radius 3 is 2.50 bits per heavy atom. The molecular weight excluding hydrogens is 388 g/mol. The molecule has 0 bridgehead atoms. The van der Waals surface area contributed by atoms with Gasteiger partial charge in [-0.3, -0.25) is 20.2 Å². The average Bonchev–Trinajstić information content (AvgIpc) is 3.19. The first-order valence-corrected chi connectivity index (χ1v) is 9.19. The van der Waals surface area contributed by atoms with Crippen molar-refractivity contribution in [1.82, 2.24) is 5.32 Å². The number of nitrogens with zero attached hydrogens (tertiary/aromatic N) is 1. The molecule has 2 atom stereocenters. The van der Waals surface area contributed by atoms with Crippen LogP contribution in [0.15, 0.2) is 42.5 Å². The maximum atomic E-state index is 12.3. The minimum Gasteiger partial charge on any atom is -0.493 e. The third kappa shape index (κ3) is 4.24. The lowest BCUT2D eigenvalue weighted by Crippen LogP contribution is -2.33. The minimum absolute atomic E-state index is 0.125. The van der Waals surface area contributed by atoms with Crippen LogP contribution in [0.4, 0.5) is 5.69 Å². The molecule has 1 saturated heterocycles. The number of nitro groups is 1. The molecule has 2 aromatic rings. The highest BCUT2D eigenvalue weighted by atomic mass is 32.2. The second-order valence-electron chi connectivity index (χ2n) is 5.87. The van der Waals surface area contributed by atoms with Crippen molar-refractivity contribution >= 4 is 29.4 Å². The molecule has 2 N–H and O–H groups in total. The highest BCUT2D eigenvalue weighted by Crippen LogP contribution is 2.37. The minimum atomic E-state index is -0.907. The van der Waals surface area contributed by atoms with Gasteiger partial charge in [0.1, 0.15) is 6.04 Å². The van der Waals surface area contributed by atoms with Gasteiger partial charge in [0.05, 0.1) is 23.0 Å². The molecule has 1 fully saturated rings. The van der Waals surface area contributed by atoms with Crippen LogP contribution in [0, 0.1) is 10.1 Å². The van der Waals surface area contributed by atoms with Gasteiger partial charge in [-0.1, -0.05) is 6.07 Å². The van der Waals surface area contributed by atoms with Gasteiger partial charge in [-0.2, -0.15) is 0 Å². The Balaban J connectivity index is 1.74. The number of rotatable bonds is 6. The van der Waals surface area contributed by atoms with E-state index in [-0.39, 0.29) is 22.4 Å². The number of carbonyl (C=O) groups excluding carboxylic acids is 1. The smallest absolute Gasteiger partial charge is 0.343 e. The van der Waals surface area contributed by atoms with Gasteiger partial charge < -0.3 is 14.6 Å². The van der Waals surface area contributed by atoms with Crippen LogP contribution in [0.2, 0.25) is 0 Å². The fraction of sp³-hybridized carbons (Fsp3) is 0.222. The summed E-state index contributed by atoms with van der Waals surface area (Å²) >= 11 is 1.46. The second kappa shape index (κ2) is 8.28. The van der Waals surface area contributed by atoms with E-state index in [0.29, 0.717) is 11.5 Å². The number of carboxylic acids is 1. The van der Waals surface area contributed by atoms with Crippen molar-refractivity contribution < 1.29 is 29.1 Å². The van der Waals surface area contributed by atoms with Crippen molar-refractivity contribution in [2.75, 3.05) is 12.9 Å². The molecule has 0 spiro atoms. The number of esters is 1. The standard InChI is InChI=1S/C18H16N2O7S/c1-26-15-8-11(16-19-13(9-28-16)17(21)22)4-7-14(15)27-18(23)10-2-5-12(6-3-10)20(24)25/h2-8,13,16,19H,9H2,1H3,(H,21,22). The van der Waals surface area contributed by atoms with Crippen LogP contribution in [-0.4, -0.2) is 40.9 Å². The first kappa shape index (κ1) is 19.6. The number of benzene rings is 2. The zero-order valence-electron chi connectivity index (χ0n) is 14.7. The molecule has 2 aromatic carbocycles. The first-order chi connectivity index (χ1) is 13.4. The monoisotopic (exact) mass is 404 g/mol. The Hall–Kier alpha value is -3.11. The number of hydrogen-bond acceptors (Lipinski definition) is 8. The first-order valence-electron chi connectivity index (χ1n) is 8.14. The molecule has 0 saturated carbocycles. The lowest BCUT2D eigenvalue weighted by atomic mass is 10.1. The van der Waals surface area contributed by atoms with Crippen LogP contribution in [0.5, 0.6) is 11.5 Å². The number of thioether (sulfide) groups is 1. The van der Waals surface area contributed by atoms with E-state index >= 15 is 0 Å². The number of methoxy groups -OCH3 is 1. The largest absolute Gasteiger partial charge is 0.493 e. The maximum Gasteiger partial charge on any atom is 0.343 e. The highest BCUT2D eigenvalue weighted by molar-refractivity contribution is 7.99. The Kier molecular flexibility index (Phi) is 5.81. The van der Waals surface area contributed by atoms with Gasteiger partial charge in [0.2, 0.25) is 0 Å². The van der Waals surface area contributed by atoms with E-state index in [9.17, 15) is 19.7 Å². The summed E-state index contributed by atoms with van der Waals surface area (Å²) in [6, 6.07) is 9.40. The summed E-state index contributed by atoms with van der Waals surface area (Å²) in [7, 11) is 1.43. The molecule has 0 radical (unpaired) electrons. The van der Waals surface area contributed by atoms with Crippen molar-refractivity contribution in [3.05, 3.63) is 63.7 Å². The summed E-state index contributed by atoms with van der Waals surface area (Å²) in [6.07, 6.45) is 0.